The molecule has 1 aromatic rings. The lowest BCUT2D eigenvalue weighted by molar-refractivity contribution is -0.142. The van der Waals surface area contributed by atoms with Gasteiger partial charge in [-0.15, -0.1) is 0 Å². The number of methoxy groups -OCH3 is 1. The lowest BCUT2D eigenvalue weighted by atomic mass is 9.91. The molecule has 0 saturated carbocycles. The maximum Gasteiger partial charge on any atom is 0.245 e. The summed E-state index contributed by atoms with van der Waals surface area (Å²) in [5, 5.41) is 6.11. The van der Waals surface area contributed by atoms with Crippen LogP contribution < -0.4 is 10.6 Å². The van der Waals surface area contributed by atoms with Crippen LogP contribution >= 0.6 is 0 Å². The number of rotatable bonds is 18. The largest absolute Gasteiger partial charge is 0.378 e. The van der Waals surface area contributed by atoms with Gasteiger partial charge in [0.15, 0.2) is 0 Å². The van der Waals surface area contributed by atoms with Gasteiger partial charge in [0.2, 0.25) is 23.6 Å². The van der Waals surface area contributed by atoms with E-state index in [1.807, 2.05) is 64.6 Å². The molecule has 1 saturated heterocycles. The summed E-state index contributed by atoms with van der Waals surface area (Å²) in [6.45, 7) is 16.6. The highest BCUT2D eigenvalue weighted by Crippen LogP contribution is 2.29. The maximum atomic E-state index is 13.8. The van der Waals surface area contributed by atoms with E-state index in [2.05, 4.69) is 36.6 Å². The number of benzene rings is 1. The summed E-state index contributed by atoms with van der Waals surface area (Å²) in [6, 6.07) is 9.09. The zero-order valence-corrected chi connectivity index (χ0v) is 30.2. The molecular weight excluding hydrogens is 580 g/mol. The molecule has 1 aliphatic heterocycles. The van der Waals surface area contributed by atoms with Crippen LogP contribution in [0.4, 0.5) is 0 Å². The van der Waals surface area contributed by atoms with Crippen LogP contribution in [0.3, 0.4) is 0 Å². The van der Waals surface area contributed by atoms with Crippen LogP contribution in [0.2, 0.25) is 0 Å². The van der Waals surface area contributed by atoms with Crippen LogP contribution in [0.1, 0.15) is 99.5 Å². The average molecular weight is 643 g/mol. The van der Waals surface area contributed by atoms with E-state index in [9.17, 15) is 19.2 Å². The van der Waals surface area contributed by atoms with E-state index >= 15 is 0 Å². The van der Waals surface area contributed by atoms with E-state index in [0.29, 0.717) is 25.8 Å². The van der Waals surface area contributed by atoms with Gasteiger partial charge in [0.25, 0.3) is 0 Å². The Bertz CT molecular complexity index is 1110. The molecule has 0 bridgehead atoms. The molecule has 46 heavy (non-hydrogen) atoms. The Morgan fingerprint density at radius 2 is 1.65 bits per heavy atom. The predicted octanol–water partition coefficient (Wildman–Crippen LogP) is 5.22. The first kappa shape index (κ1) is 39.2. The molecule has 0 spiro atoms. The highest BCUT2D eigenvalue weighted by molar-refractivity contribution is 5.88. The van der Waals surface area contributed by atoms with Crippen molar-refractivity contribution in [2.45, 2.75) is 131 Å². The molecule has 2 N–H and O–H groups in total. The monoisotopic (exact) mass is 642 g/mol. The van der Waals surface area contributed by atoms with Crippen molar-refractivity contribution in [1.82, 2.24) is 20.4 Å². The van der Waals surface area contributed by atoms with E-state index in [4.69, 9.17) is 4.74 Å². The molecule has 1 fully saturated rings. The van der Waals surface area contributed by atoms with Crippen LogP contribution in [0.5, 0.6) is 0 Å². The number of nitrogens with one attached hydrogen (secondary N) is 2. The molecule has 0 radical (unpaired) electrons. The molecule has 260 valence electrons. The minimum absolute atomic E-state index is 0.0226. The van der Waals surface area contributed by atoms with Gasteiger partial charge in [-0.3, -0.25) is 19.2 Å². The van der Waals surface area contributed by atoms with Gasteiger partial charge in [0, 0.05) is 45.6 Å². The predicted molar refractivity (Wildman–Crippen MR) is 184 cm³/mol. The quantitative estimate of drug-likeness (QED) is 0.229. The maximum absolute atomic E-state index is 13.8. The van der Waals surface area contributed by atoms with Gasteiger partial charge in [-0.2, -0.15) is 0 Å². The number of amides is 4. The van der Waals surface area contributed by atoms with Crippen LogP contribution in [-0.4, -0.2) is 84.4 Å². The Labute approximate surface area is 278 Å². The van der Waals surface area contributed by atoms with Gasteiger partial charge in [-0.05, 0) is 55.9 Å². The molecular formula is C37H62N4O5. The molecule has 1 aromatic carbocycles. The zero-order chi connectivity index (χ0) is 34.6. The van der Waals surface area contributed by atoms with Crippen LogP contribution in [-0.2, 0) is 30.3 Å². The third-order valence-corrected chi connectivity index (χ3v) is 9.59. The van der Waals surface area contributed by atoms with Gasteiger partial charge in [0.1, 0.15) is 6.04 Å². The van der Waals surface area contributed by atoms with Crippen LogP contribution in [0.15, 0.2) is 30.3 Å². The van der Waals surface area contributed by atoms with Crippen LogP contribution in [0, 0.1) is 23.7 Å². The number of nitrogens with zero attached hydrogens (tertiary/aromatic N) is 2. The summed E-state index contributed by atoms with van der Waals surface area (Å²) in [6.07, 6.45) is 3.99. The molecule has 7 atom stereocenters. The van der Waals surface area contributed by atoms with Crippen molar-refractivity contribution < 1.29 is 23.9 Å². The number of likely N-dealkylation sites (tertiary alicyclic amines) is 1. The number of carbonyl (C=O) groups is 4. The fraction of sp³-hybridized carbons (Fsp3) is 0.730. The zero-order valence-electron chi connectivity index (χ0n) is 30.2. The van der Waals surface area contributed by atoms with E-state index in [-0.39, 0.29) is 59.5 Å². The standard InChI is InChI=1S/C37H62N4O5/c1-11-26(6)30(40(9)37(45)34(25(4)5)39-32(42)22-24(2)3)19-20-33(43)41-21-15-18-31(41)35(46-10)28(8)36(44)38-27(7)23-29-16-13-12-14-17-29/h12-14,16-17,24-28,30-31,34-35H,11,15,18-23H2,1-10H3,(H,38,44)(H,39,42)/t26-,27+,28+,30+,31?,34?,35+/m1/s1. The number of carbonyl (C=O) groups excluding carboxylic acids is 4. The average Bonchev–Trinajstić information content (AvgIpc) is 3.49. The molecule has 2 rings (SSSR count). The first-order valence-corrected chi connectivity index (χ1v) is 17.4. The summed E-state index contributed by atoms with van der Waals surface area (Å²) in [5.74, 6) is -0.423. The first-order valence-electron chi connectivity index (χ1n) is 17.4. The normalized spacial score (nSPS) is 18.9. The van der Waals surface area contributed by atoms with Crippen molar-refractivity contribution in [3.63, 3.8) is 0 Å². The van der Waals surface area contributed by atoms with Gasteiger partial charge in [-0.1, -0.05) is 85.2 Å². The van der Waals surface area contributed by atoms with Gasteiger partial charge >= 0.3 is 0 Å². The number of likely N-dealkylation sites (N-methyl/N-ethyl adjacent to an activating group) is 1. The second kappa shape index (κ2) is 19.0. The van der Waals surface area contributed by atoms with Crippen molar-refractivity contribution in [3.05, 3.63) is 35.9 Å². The molecule has 9 heteroatoms. The Balaban J connectivity index is 2.08. The van der Waals surface area contributed by atoms with E-state index < -0.39 is 18.1 Å². The summed E-state index contributed by atoms with van der Waals surface area (Å²) in [4.78, 5) is 57.0. The molecule has 1 heterocycles. The molecule has 0 aliphatic carbocycles. The minimum Gasteiger partial charge on any atom is -0.378 e. The van der Waals surface area contributed by atoms with Crippen molar-refractivity contribution in [3.8, 4) is 0 Å². The Hall–Kier alpha value is -2.94. The summed E-state index contributed by atoms with van der Waals surface area (Å²) in [7, 11) is 3.42. The van der Waals surface area contributed by atoms with Crippen LogP contribution in [0.25, 0.3) is 0 Å². The number of ether oxygens (including phenoxy) is 1. The minimum atomic E-state index is -0.619. The Morgan fingerprint density at radius 1 is 1.00 bits per heavy atom. The fourth-order valence-electron chi connectivity index (χ4n) is 6.73. The third-order valence-electron chi connectivity index (χ3n) is 9.59. The van der Waals surface area contributed by atoms with E-state index in [1.165, 1.54) is 0 Å². The molecule has 4 amide bonds. The topological polar surface area (TPSA) is 108 Å². The van der Waals surface area contributed by atoms with Crippen molar-refractivity contribution >= 4 is 23.6 Å². The number of hydrogen-bond acceptors (Lipinski definition) is 5. The smallest absolute Gasteiger partial charge is 0.245 e. The summed E-state index contributed by atoms with van der Waals surface area (Å²) < 4.78 is 5.91. The van der Waals surface area contributed by atoms with Crippen molar-refractivity contribution in [2.75, 3.05) is 20.7 Å². The van der Waals surface area contributed by atoms with E-state index in [1.54, 1.807) is 19.1 Å². The lowest BCUT2D eigenvalue weighted by Crippen LogP contribution is -2.54. The molecule has 2 unspecified atom stereocenters. The second-order valence-corrected chi connectivity index (χ2v) is 14.2. The number of hydrogen-bond donors (Lipinski definition) is 2. The Kier molecular flexibility index (Phi) is 16.2. The lowest BCUT2D eigenvalue weighted by Gasteiger charge is -2.37. The van der Waals surface area contributed by atoms with Gasteiger partial charge in [0.05, 0.1) is 18.1 Å². The van der Waals surface area contributed by atoms with Gasteiger partial charge < -0.3 is 25.2 Å². The second-order valence-electron chi connectivity index (χ2n) is 14.2. The highest BCUT2D eigenvalue weighted by Gasteiger charge is 2.40. The third kappa shape index (κ3) is 11.4. The summed E-state index contributed by atoms with van der Waals surface area (Å²) >= 11 is 0. The molecule has 0 aromatic heterocycles. The SMILES string of the molecule is CC[C@@H](C)[C@H](CCC(=O)N1CCCC1[C@@H](OC)[C@H](C)C(=O)N[C@@H](C)Cc1ccccc1)N(C)C(=O)C(NC(=O)CC(C)C)C(C)C. The molecule has 1 aliphatic rings. The first-order chi connectivity index (χ1) is 21.7. The fourth-order valence-corrected chi connectivity index (χ4v) is 6.73. The van der Waals surface area contributed by atoms with Gasteiger partial charge in [-0.25, -0.2) is 0 Å². The highest BCUT2D eigenvalue weighted by atomic mass is 16.5. The summed E-state index contributed by atoms with van der Waals surface area (Å²) in [5.41, 5.74) is 1.16. The van der Waals surface area contributed by atoms with Crippen molar-refractivity contribution in [2.24, 2.45) is 23.7 Å². The molecule has 9 nitrogen and oxygen atoms in total. The van der Waals surface area contributed by atoms with Crippen molar-refractivity contribution in [1.29, 1.82) is 0 Å². The Morgan fingerprint density at radius 3 is 2.22 bits per heavy atom. The van der Waals surface area contributed by atoms with E-state index in [0.717, 1.165) is 31.2 Å².